The predicted octanol–water partition coefficient (Wildman–Crippen LogP) is 4.40. The van der Waals surface area contributed by atoms with Gasteiger partial charge >= 0.3 is 0 Å². The van der Waals surface area contributed by atoms with E-state index in [1.54, 1.807) is 42.5 Å². The molecule has 0 aliphatic rings. The maximum Gasteiger partial charge on any atom is 0.227 e. The number of carbonyl (C=O) groups is 1. The molecule has 0 radical (unpaired) electrons. The van der Waals surface area contributed by atoms with Crippen molar-refractivity contribution < 1.29 is 9.53 Å². The summed E-state index contributed by atoms with van der Waals surface area (Å²) in [5.74, 6) is 0.489. The van der Waals surface area contributed by atoms with Crippen LogP contribution in [-0.4, -0.2) is 12.5 Å². The first kappa shape index (κ1) is 14.7. The van der Waals surface area contributed by atoms with E-state index >= 15 is 0 Å². The molecule has 2 rings (SSSR count). The third kappa shape index (κ3) is 4.44. The summed E-state index contributed by atoms with van der Waals surface area (Å²) >= 11 is 11.8. The summed E-state index contributed by atoms with van der Waals surface area (Å²) in [5.41, 5.74) is 0.599. The summed E-state index contributed by atoms with van der Waals surface area (Å²) < 4.78 is 5.45. The highest BCUT2D eigenvalue weighted by Crippen LogP contribution is 2.20. The van der Waals surface area contributed by atoms with Gasteiger partial charge in [-0.25, -0.2) is 0 Å². The van der Waals surface area contributed by atoms with Crippen molar-refractivity contribution in [2.75, 3.05) is 11.9 Å². The topological polar surface area (TPSA) is 38.3 Å². The lowest BCUT2D eigenvalue weighted by Gasteiger charge is -2.08. The van der Waals surface area contributed by atoms with Crippen molar-refractivity contribution in [3.05, 3.63) is 58.6 Å². The minimum Gasteiger partial charge on any atom is -0.493 e. The first-order chi connectivity index (χ1) is 9.65. The van der Waals surface area contributed by atoms with E-state index in [4.69, 9.17) is 27.9 Å². The van der Waals surface area contributed by atoms with Gasteiger partial charge in [0.25, 0.3) is 0 Å². The van der Waals surface area contributed by atoms with Gasteiger partial charge in [-0.05, 0) is 30.3 Å². The normalized spacial score (nSPS) is 10.1. The molecular weight excluding hydrogens is 297 g/mol. The zero-order valence-electron chi connectivity index (χ0n) is 10.6. The van der Waals surface area contributed by atoms with E-state index in [0.717, 1.165) is 0 Å². The van der Waals surface area contributed by atoms with Crippen LogP contribution in [0.4, 0.5) is 5.69 Å². The van der Waals surface area contributed by atoms with Gasteiger partial charge in [-0.15, -0.1) is 0 Å². The van der Waals surface area contributed by atoms with Crippen LogP contribution in [0.5, 0.6) is 5.75 Å². The molecule has 3 nitrogen and oxygen atoms in total. The van der Waals surface area contributed by atoms with E-state index in [1.807, 2.05) is 6.07 Å². The molecule has 0 aromatic heterocycles. The van der Waals surface area contributed by atoms with Gasteiger partial charge in [0, 0.05) is 5.02 Å². The molecule has 2 aromatic carbocycles. The monoisotopic (exact) mass is 309 g/mol. The molecule has 5 heteroatoms. The fourth-order valence-corrected chi connectivity index (χ4v) is 1.96. The first-order valence-corrected chi connectivity index (χ1v) is 6.83. The summed E-state index contributed by atoms with van der Waals surface area (Å²) in [6, 6.07) is 14.1. The Hall–Kier alpha value is -1.71. The molecule has 0 fully saturated rings. The molecule has 20 heavy (non-hydrogen) atoms. The molecule has 0 aliphatic heterocycles. The molecule has 2 aromatic rings. The second kappa shape index (κ2) is 7.17. The molecule has 0 atom stereocenters. The van der Waals surface area contributed by atoms with E-state index in [2.05, 4.69) is 5.32 Å². The number of amides is 1. The average molecular weight is 310 g/mol. The number of hydrogen-bond acceptors (Lipinski definition) is 2. The van der Waals surface area contributed by atoms with Crippen molar-refractivity contribution in [2.45, 2.75) is 6.42 Å². The van der Waals surface area contributed by atoms with Crippen LogP contribution in [0.1, 0.15) is 6.42 Å². The third-order valence-electron chi connectivity index (χ3n) is 2.54. The smallest absolute Gasteiger partial charge is 0.227 e. The number of anilines is 1. The largest absolute Gasteiger partial charge is 0.493 e. The van der Waals surface area contributed by atoms with Crippen LogP contribution in [0.3, 0.4) is 0 Å². The quantitative estimate of drug-likeness (QED) is 0.889. The van der Waals surface area contributed by atoms with Crippen LogP contribution in [0.25, 0.3) is 0 Å². The zero-order chi connectivity index (χ0) is 14.4. The van der Waals surface area contributed by atoms with E-state index in [0.29, 0.717) is 21.5 Å². The molecule has 0 saturated carbocycles. The van der Waals surface area contributed by atoms with Gasteiger partial charge < -0.3 is 10.1 Å². The average Bonchev–Trinajstić information content (AvgIpc) is 2.41. The Morgan fingerprint density at radius 2 is 1.90 bits per heavy atom. The number of nitrogens with one attached hydrogen (secondary N) is 1. The predicted molar refractivity (Wildman–Crippen MR) is 81.6 cm³/mol. The number of benzene rings is 2. The number of carbonyl (C=O) groups excluding carboxylic acids is 1. The summed E-state index contributed by atoms with van der Waals surface area (Å²) in [4.78, 5) is 11.7. The molecule has 104 valence electrons. The van der Waals surface area contributed by atoms with E-state index in [9.17, 15) is 4.79 Å². The third-order valence-corrected chi connectivity index (χ3v) is 3.11. The van der Waals surface area contributed by atoms with Gasteiger partial charge in [0.1, 0.15) is 5.75 Å². The molecule has 0 unspecified atom stereocenters. The van der Waals surface area contributed by atoms with Gasteiger partial charge in [0.2, 0.25) is 5.91 Å². The highest BCUT2D eigenvalue weighted by atomic mass is 35.5. The molecule has 0 bridgehead atoms. The maximum absolute atomic E-state index is 11.7. The molecule has 0 heterocycles. The van der Waals surface area contributed by atoms with E-state index < -0.39 is 0 Å². The van der Waals surface area contributed by atoms with E-state index in [-0.39, 0.29) is 18.9 Å². The highest BCUT2D eigenvalue weighted by molar-refractivity contribution is 6.33. The van der Waals surface area contributed by atoms with Gasteiger partial charge in [0.05, 0.1) is 23.7 Å². The number of rotatable bonds is 5. The Balaban J connectivity index is 1.80. The summed E-state index contributed by atoms with van der Waals surface area (Å²) in [7, 11) is 0. The van der Waals surface area contributed by atoms with Gasteiger partial charge in [-0.3, -0.25) is 4.79 Å². The number of halogens is 2. The van der Waals surface area contributed by atoms with Crippen LogP contribution in [0, 0.1) is 0 Å². The first-order valence-electron chi connectivity index (χ1n) is 6.08. The second-order valence-electron chi connectivity index (χ2n) is 4.08. The van der Waals surface area contributed by atoms with Crippen molar-refractivity contribution >= 4 is 34.8 Å². The number of para-hydroxylation sites is 1. The van der Waals surface area contributed by atoms with Crippen molar-refractivity contribution in [1.29, 1.82) is 0 Å². The standard InChI is InChI=1S/C15H13Cl2NO2/c16-11-4-3-5-12(10-11)20-9-8-15(19)18-14-7-2-1-6-13(14)17/h1-7,10H,8-9H2,(H,18,19). The van der Waals surface area contributed by atoms with Crippen molar-refractivity contribution in [2.24, 2.45) is 0 Å². The van der Waals surface area contributed by atoms with Gasteiger partial charge in [-0.1, -0.05) is 41.4 Å². The van der Waals surface area contributed by atoms with Crippen LogP contribution in [0.2, 0.25) is 10.0 Å². The van der Waals surface area contributed by atoms with Gasteiger partial charge in [0.15, 0.2) is 0 Å². The Kier molecular flexibility index (Phi) is 5.27. The molecule has 1 amide bonds. The highest BCUT2D eigenvalue weighted by Gasteiger charge is 2.05. The summed E-state index contributed by atoms with van der Waals surface area (Å²) in [6.45, 7) is 0.274. The fourth-order valence-electron chi connectivity index (χ4n) is 1.59. The SMILES string of the molecule is O=C(CCOc1cccc(Cl)c1)Nc1ccccc1Cl. The van der Waals surface area contributed by atoms with Crippen LogP contribution >= 0.6 is 23.2 Å². The van der Waals surface area contributed by atoms with Crippen LogP contribution in [-0.2, 0) is 4.79 Å². The molecule has 1 N–H and O–H groups in total. The second-order valence-corrected chi connectivity index (χ2v) is 4.93. The lowest BCUT2D eigenvalue weighted by Crippen LogP contribution is -2.15. The molecule has 0 spiro atoms. The Morgan fingerprint density at radius 3 is 2.65 bits per heavy atom. The molecule has 0 saturated heterocycles. The number of ether oxygens (including phenoxy) is 1. The minimum absolute atomic E-state index is 0.153. The summed E-state index contributed by atoms with van der Waals surface area (Å²) in [5, 5.41) is 3.84. The molecule has 0 aliphatic carbocycles. The lowest BCUT2D eigenvalue weighted by molar-refractivity contribution is -0.116. The Bertz CT molecular complexity index is 602. The molecular formula is C15H13Cl2NO2. The Morgan fingerprint density at radius 1 is 1.10 bits per heavy atom. The Labute approximate surface area is 127 Å². The van der Waals surface area contributed by atoms with E-state index in [1.165, 1.54) is 0 Å². The van der Waals surface area contributed by atoms with Crippen molar-refractivity contribution in [3.8, 4) is 5.75 Å². The van der Waals surface area contributed by atoms with Crippen molar-refractivity contribution in [3.63, 3.8) is 0 Å². The number of hydrogen-bond donors (Lipinski definition) is 1. The maximum atomic E-state index is 11.7. The zero-order valence-corrected chi connectivity index (χ0v) is 12.1. The van der Waals surface area contributed by atoms with Crippen molar-refractivity contribution in [1.82, 2.24) is 0 Å². The minimum atomic E-state index is -0.153. The fraction of sp³-hybridized carbons (Fsp3) is 0.133. The van der Waals surface area contributed by atoms with Gasteiger partial charge in [-0.2, -0.15) is 0 Å². The van der Waals surface area contributed by atoms with Crippen LogP contribution < -0.4 is 10.1 Å². The lowest BCUT2D eigenvalue weighted by atomic mass is 10.3. The summed E-state index contributed by atoms with van der Waals surface area (Å²) in [6.07, 6.45) is 0.234. The van der Waals surface area contributed by atoms with Crippen LogP contribution in [0.15, 0.2) is 48.5 Å².